The van der Waals surface area contributed by atoms with Gasteiger partial charge in [-0.2, -0.15) is 0 Å². The molecule has 0 aliphatic rings. The summed E-state index contributed by atoms with van der Waals surface area (Å²) in [5.74, 6) is 0.203. The zero-order valence-electron chi connectivity index (χ0n) is 11.1. The number of nitrogens with two attached hydrogens (primary N) is 1. The SMILES string of the molecule is N=C(N)CCN(Cc1ccc(Br)cn1)c1ccccc1. The molecule has 0 saturated carbocycles. The minimum absolute atomic E-state index is 0.203. The highest BCUT2D eigenvalue weighted by Crippen LogP contribution is 2.17. The number of anilines is 1. The molecule has 3 N–H and O–H groups in total. The van der Waals surface area contributed by atoms with Gasteiger partial charge >= 0.3 is 0 Å². The second-order valence-corrected chi connectivity index (χ2v) is 5.42. The number of hydrogen-bond donors (Lipinski definition) is 2. The normalized spacial score (nSPS) is 10.2. The third-order valence-electron chi connectivity index (χ3n) is 2.91. The van der Waals surface area contributed by atoms with Gasteiger partial charge in [0.05, 0.1) is 18.1 Å². The van der Waals surface area contributed by atoms with E-state index in [1.54, 1.807) is 6.20 Å². The number of benzene rings is 1. The van der Waals surface area contributed by atoms with Crippen LogP contribution in [0.3, 0.4) is 0 Å². The third kappa shape index (κ3) is 4.35. The average Bonchev–Trinajstić information content (AvgIpc) is 2.46. The number of para-hydroxylation sites is 1. The molecule has 2 aromatic rings. The maximum atomic E-state index is 7.39. The van der Waals surface area contributed by atoms with Gasteiger partial charge in [0.25, 0.3) is 0 Å². The number of amidine groups is 1. The second kappa shape index (κ2) is 7.05. The molecule has 0 atom stereocenters. The third-order valence-corrected chi connectivity index (χ3v) is 3.38. The molecule has 1 aromatic heterocycles. The first-order valence-corrected chi connectivity index (χ1v) is 7.18. The summed E-state index contributed by atoms with van der Waals surface area (Å²) < 4.78 is 0.969. The molecule has 1 heterocycles. The fraction of sp³-hybridized carbons (Fsp3) is 0.200. The highest BCUT2D eigenvalue weighted by molar-refractivity contribution is 9.10. The highest BCUT2D eigenvalue weighted by Gasteiger charge is 2.08. The number of aromatic nitrogens is 1. The van der Waals surface area contributed by atoms with E-state index in [4.69, 9.17) is 11.1 Å². The van der Waals surface area contributed by atoms with E-state index in [1.807, 2.05) is 30.3 Å². The minimum Gasteiger partial charge on any atom is -0.388 e. The van der Waals surface area contributed by atoms with E-state index < -0.39 is 0 Å². The van der Waals surface area contributed by atoms with Crippen LogP contribution in [0.1, 0.15) is 12.1 Å². The van der Waals surface area contributed by atoms with E-state index in [1.165, 1.54) is 0 Å². The van der Waals surface area contributed by atoms with Gasteiger partial charge in [-0.25, -0.2) is 0 Å². The van der Waals surface area contributed by atoms with Crippen LogP contribution >= 0.6 is 15.9 Å². The van der Waals surface area contributed by atoms with Gasteiger partial charge in [-0.05, 0) is 40.2 Å². The van der Waals surface area contributed by atoms with Gasteiger partial charge in [0.2, 0.25) is 0 Å². The van der Waals surface area contributed by atoms with Crippen molar-refractivity contribution in [1.29, 1.82) is 5.41 Å². The Morgan fingerprint density at radius 2 is 1.95 bits per heavy atom. The van der Waals surface area contributed by atoms with Gasteiger partial charge in [-0.15, -0.1) is 0 Å². The zero-order chi connectivity index (χ0) is 14.4. The molecule has 5 heteroatoms. The summed E-state index contributed by atoms with van der Waals surface area (Å²) in [6.45, 7) is 1.40. The van der Waals surface area contributed by atoms with Gasteiger partial charge in [0.1, 0.15) is 0 Å². The Hall–Kier alpha value is -1.88. The van der Waals surface area contributed by atoms with E-state index in [0.29, 0.717) is 19.5 Å². The van der Waals surface area contributed by atoms with E-state index in [9.17, 15) is 0 Å². The van der Waals surface area contributed by atoms with Crippen molar-refractivity contribution in [2.45, 2.75) is 13.0 Å². The van der Waals surface area contributed by atoms with Crippen molar-refractivity contribution in [3.8, 4) is 0 Å². The van der Waals surface area contributed by atoms with Gasteiger partial charge in [0.15, 0.2) is 0 Å². The van der Waals surface area contributed by atoms with Crippen LogP contribution in [0.15, 0.2) is 53.1 Å². The van der Waals surface area contributed by atoms with Crippen LogP contribution in [0, 0.1) is 5.41 Å². The Labute approximate surface area is 127 Å². The van der Waals surface area contributed by atoms with Crippen LogP contribution in [-0.2, 0) is 6.54 Å². The van der Waals surface area contributed by atoms with Gasteiger partial charge in [0, 0.05) is 29.3 Å². The standard InChI is InChI=1S/C15H17BrN4/c16-12-6-7-13(19-10-12)11-20(9-8-15(17)18)14-4-2-1-3-5-14/h1-7,10H,8-9,11H2,(H3,17,18). The molecule has 0 saturated heterocycles. The molecule has 20 heavy (non-hydrogen) atoms. The zero-order valence-corrected chi connectivity index (χ0v) is 12.7. The van der Waals surface area contributed by atoms with Crippen LogP contribution in [0.25, 0.3) is 0 Å². The lowest BCUT2D eigenvalue weighted by atomic mass is 10.2. The largest absolute Gasteiger partial charge is 0.388 e. The summed E-state index contributed by atoms with van der Waals surface area (Å²) in [4.78, 5) is 6.58. The molecule has 0 spiro atoms. The Balaban J connectivity index is 2.13. The van der Waals surface area contributed by atoms with Crippen LogP contribution in [-0.4, -0.2) is 17.4 Å². The predicted octanol–water partition coefficient (Wildman–Crippen LogP) is 3.18. The maximum absolute atomic E-state index is 7.39. The van der Waals surface area contributed by atoms with Crippen LogP contribution in [0.4, 0.5) is 5.69 Å². The molecular formula is C15H17BrN4. The van der Waals surface area contributed by atoms with Crippen molar-refractivity contribution >= 4 is 27.5 Å². The number of nitrogens with one attached hydrogen (secondary N) is 1. The predicted molar refractivity (Wildman–Crippen MR) is 86.0 cm³/mol. The van der Waals surface area contributed by atoms with Crippen molar-refractivity contribution in [2.24, 2.45) is 5.73 Å². The molecule has 1 aromatic carbocycles. The number of nitrogens with zero attached hydrogens (tertiary/aromatic N) is 2. The van der Waals surface area contributed by atoms with Crippen molar-refractivity contribution in [3.05, 3.63) is 58.8 Å². The number of rotatable bonds is 6. The fourth-order valence-electron chi connectivity index (χ4n) is 1.89. The Morgan fingerprint density at radius 3 is 2.55 bits per heavy atom. The van der Waals surface area contributed by atoms with Crippen molar-refractivity contribution in [1.82, 2.24) is 4.98 Å². The lowest BCUT2D eigenvalue weighted by molar-refractivity contribution is 0.784. The van der Waals surface area contributed by atoms with E-state index in [0.717, 1.165) is 15.9 Å². The van der Waals surface area contributed by atoms with Crippen LogP contribution < -0.4 is 10.6 Å². The lowest BCUT2D eigenvalue weighted by Gasteiger charge is -2.24. The summed E-state index contributed by atoms with van der Waals surface area (Å²) in [5.41, 5.74) is 7.56. The molecule has 0 fully saturated rings. The summed E-state index contributed by atoms with van der Waals surface area (Å²) in [7, 11) is 0. The minimum atomic E-state index is 0.203. The molecule has 4 nitrogen and oxygen atoms in total. The first-order valence-electron chi connectivity index (χ1n) is 6.38. The second-order valence-electron chi connectivity index (χ2n) is 4.50. The summed E-state index contributed by atoms with van der Waals surface area (Å²) in [6, 6.07) is 14.1. The number of pyridine rings is 1. The fourth-order valence-corrected chi connectivity index (χ4v) is 2.12. The summed E-state index contributed by atoms with van der Waals surface area (Å²) in [5, 5.41) is 7.39. The highest BCUT2D eigenvalue weighted by atomic mass is 79.9. The molecule has 0 unspecified atom stereocenters. The molecule has 0 radical (unpaired) electrons. The van der Waals surface area contributed by atoms with Gasteiger partial charge in [-0.3, -0.25) is 10.4 Å². The van der Waals surface area contributed by atoms with Crippen LogP contribution in [0.5, 0.6) is 0 Å². The van der Waals surface area contributed by atoms with Crippen molar-refractivity contribution in [2.75, 3.05) is 11.4 Å². The van der Waals surface area contributed by atoms with Crippen LogP contribution in [0.2, 0.25) is 0 Å². The first-order chi connectivity index (χ1) is 9.65. The molecule has 0 aliphatic heterocycles. The van der Waals surface area contributed by atoms with Gasteiger partial charge in [-0.1, -0.05) is 18.2 Å². The maximum Gasteiger partial charge on any atom is 0.0923 e. The lowest BCUT2D eigenvalue weighted by Crippen LogP contribution is -2.27. The monoisotopic (exact) mass is 332 g/mol. The average molecular weight is 333 g/mol. The van der Waals surface area contributed by atoms with Crippen molar-refractivity contribution < 1.29 is 0 Å². The molecule has 2 rings (SSSR count). The Bertz CT molecular complexity index is 554. The topological polar surface area (TPSA) is 66.0 Å². The molecular weight excluding hydrogens is 316 g/mol. The van der Waals surface area contributed by atoms with E-state index in [-0.39, 0.29) is 5.84 Å². The molecule has 0 aliphatic carbocycles. The van der Waals surface area contributed by atoms with E-state index in [2.05, 4.69) is 37.9 Å². The Kier molecular flexibility index (Phi) is 5.12. The van der Waals surface area contributed by atoms with Gasteiger partial charge < -0.3 is 10.6 Å². The number of halogens is 1. The molecule has 104 valence electrons. The number of hydrogen-bond acceptors (Lipinski definition) is 3. The molecule has 0 bridgehead atoms. The molecule has 0 amide bonds. The summed E-state index contributed by atoms with van der Waals surface area (Å²) in [6.07, 6.45) is 2.34. The van der Waals surface area contributed by atoms with E-state index >= 15 is 0 Å². The smallest absolute Gasteiger partial charge is 0.0923 e. The first kappa shape index (κ1) is 14.5. The Morgan fingerprint density at radius 1 is 1.20 bits per heavy atom. The van der Waals surface area contributed by atoms with Crippen molar-refractivity contribution in [3.63, 3.8) is 0 Å². The quantitative estimate of drug-likeness (QED) is 0.630. The summed E-state index contributed by atoms with van der Waals surface area (Å²) >= 11 is 3.39.